The number of amides is 1. The van der Waals surface area contributed by atoms with Gasteiger partial charge < -0.3 is 24.6 Å². The minimum Gasteiger partial charge on any atom is -0.496 e. The Morgan fingerprint density at radius 2 is 1.74 bits per heavy atom. The maximum Gasteiger partial charge on any atom is 0.308 e. The molecule has 0 bridgehead atoms. The van der Waals surface area contributed by atoms with Gasteiger partial charge in [-0.1, -0.05) is 6.07 Å². The summed E-state index contributed by atoms with van der Waals surface area (Å²) in [7, 11) is 4.55. The Kier molecular flexibility index (Phi) is 8.06. The van der Waals surface area contributed by atoms with Crippen LogP contribution in [0.1, 0.15) is 41.4 Å². The van der Waals surface area contributed by atoms with Gasteiger partial charge in [-0.25, -0.2) is 0 Å². The molecule has 9 heteroatoms. The van der Waals surface area contributed by atoms with E-state index in [1.54, 1.807) is 31.6 Å². The molecular formula is C29H29N3O6. The van der Waals surface area contributed by atoms with Crippen LogP contribution in [-0.4, -0.2) is 48.3 Å². The average molecular weight is 516 g/mol. The Morgan fingerprint density at radius 1 is 1.00 bits per heavy atom. The number of carboxylic acids is 1. The maximum absolute atomic E-state index is 12.9. The topological polar surface area (TPSA) is 120 Å². The molecule has 9 nitrogen and oxygen atoms in total. The molecule has 0 saturated carbocycles. The van der Waals surface area contributed by atoms with Crippen LogP contribution in [-0.2, 0) is 22.6 Å². The fraction of sp³-hybridized carbons (Fsp3) is 0.241. The maximum atomic E-state index is 12.9. The van der Waals surface area contributed by atoms with E-state index in [-0.39, 0.29) is 18.7 Å². The average Bonchev–Trinajstić information content (AvgIpc) is 3.17. The zero-order valence-electron chi connectivity index (χ0n) is 21.7. The second kappa shape index (κ2) is 11.6. The first-order valence-electron chi connectivity index (χ1n) is 11.9. The standard InChI is InChI=1S/C29H29N3O6/c1-17-21(13-27(33)31-15-19-7-5-6-8-30-19)23-12-20(36-2)16-32-29(23)22(17)9-18-10-25(37-3)24(14-28(34)35)26(11-18)38-4/h5-12,16H,13-15H2,1-4H3,(H,31,33)(H,34,35). The number of carboxylic acid groups (broad SMARTS) is 1. The summed E-state index contributed by atoms with van der Waals surface area (Å²) >= 11 is 0. The molecule has 2 heterocycles. The fourth-order valence-corrected chi connectivity index (χ4v) is 4.44. The lowest BCUT2D eigenvalue weighted by Gasteiger charge is -2.14. The normalized spacial score (nSPS) is 13.3. The number of methoxy groups -OCH3 is 3. The third-order valence-corrected chi connectivity index (χ3v) is 6.33. The van der Waals surface area contributed by atoms with Crippen molar-refractivity contribution in [3.8, 4) is 17.2 Å². The van der Waals surface area contributed by atoms with E-state index >= 15 is 0 Å². The van der Waals surface area contributed by atoms with Gasteiger partial charge in [-0.15, -0.1) is 0 Å². The summed E-state index contributed by atoms with van der Waals surface area (Å²) in [4.78, 5) is 33.2. The number of benzene rings is 1. The predicted octanol–water partition coefficient (Wildman–Crippen LogP) is 4.16. The van der Waals surface area contributed by atoms with Crippen molar-refractivity contribution < 1.29 is 28.9 Å². The molecule has 1 aromatic carbocycles. The van der Waals surface area contributed by atoms with Crippen LogP contribution in [0.3, 0.4) is 0 Å². The van der Waals surface area contributed by atoms with E-state index in [9.17, 15) is 14.7 Å². The molecule has 3 aromatic rings. The molecule has 0 fully saturated rings. The Bertz CT molecular complexity index is 1400. The van der Waals surface area contributed by atoms with E-state index < -0.39 is 5.97 Å². The highest BCUT2D eigenvalue weighted by Gasteiger charge is 2.27. The molecule has 0 unspecified atom stereocenters. The quantitative estimate of drug-likeness (QED) is 0.413. The van der Waals surface area contributed by atoms with Gasteiger partial charge in [0.2, 0.25) is 5.91 Å². The van der Waals surface area contributed by atoms with Crippen LogP contribution in [0.4, 0.5) is 0 Å². The molecule has 0 radical (unpaired) electrons. The van der Waals surface area contributed by atoms with E-state index in [0.717, 1.165) is 39.2 Å². The van der Waals surface area contributed by atoms with Crippen molar-refractivity contribution in [2.45, 2.75) is 26.3 Å². The molecule has 38 heavy (non-hydrogen) atoms. The largest absolute Gasteiger partial charge is 0.496 e. The molecule has 1 amide bonds. The Labute approximate surface area is 220 Å². The zero-order chi connectivity index (χ0) is 27.2. The molecule has 2 N–H and O–H groups in total. The number of nitrogens with zero attached hydrogens (tertiary/aromatic N) is 2. The monoisotopic (exact) mass is 515 g/mol. The first-order valence-corrected chi connectivity index (χ1v) is 11.9. The molecule has 0 aliphatic heterocycles. The van der Waals surface area contributed by atoms with Gasteiger partial charge in [-0.3, -0.25) is 19.6 Å². The van der Waals surface area contributed by atoms with Gasteiger partial charge in [0.15, 0.2) is 0 Å². The Hall–Kier alpha value is -4.66. The molecule has 0 atom stereocenters. The second-order valence-electron chi connectivity index (χ2n) is 8.68. The van der Waals surface area contributed by atoms with Crippen LogP contribution in [0.25, 0.3) is 17.2 Å². The molecule has 0 saturated heterocycles. The number of carbonyl (C=O) groups excluding carboxylic acids is 1. The first-order chi connectivity index (χ1) is 18.3. The van der Waals surface area contributed by atoms with Crippen LogP contribution in [0.5, 0.6) is 17.2 Å². The van der Waals surface area contributed by atoms with Crippen LogP contribution >= 0.6 is 0 Å². The van der Waals surface area contributed by atoms with Crippen molar-refractivity contribution in [1.29, 1.82) is 0 Å². The van der Waals surface area contributed by atoms with Gasteiger partial charge in [-0.05, 0) is 60.0 Å². The highest BCUT2D eigenvalue weighted by Crippen LogP contribution is 2.44. The highest BCUT2D eigenvalue weighted by molar-refractivity contribution is 6.07. The van der Waals surface area contributed by atoms with Crippen molar-refractivity contribution >= 4 is 29.1 Å². The number of hydrogen-bond donors (Lipinski definition) is 2. The molecular weight excluding hydrogens is 486 g/mol. The fourth-order valence-electron chi connectivity index (χ4n) is 4.44. The summed E-state index contributed by atoms with van der Waals surface area (Å²) in [5.74, 6) is 0.290. The minimum atomic E-state index is -0.986. The van der Waals surface area contributed by atoms with Gasteiger partial charge in [0.25, 0.3) is 0 Å². The number of nitrogens with one attached hydrogen (secondary N) is 1. The lowest BCUT2D eigenvalue weighted by atomic mass is 10.0. The van der Waals surface area contributed by atoms with Crippen molar-refractivity contribution in [1.82, 2.24) is 15.3 Å². The van der Waals surface area contributed by atoms with E-state index in [0.29, 0.717) is 29.4 Å². The van der Waals surface area contributed by atoms with Gasteiger partial charge in [0.1, 0.15) is 17.2 Å². The second-order valence-corrected chi connectivity index (χ2v) is 8.68. The number of allylic oxidation sites excluding steroid dienone is 2. The summed E-state index contributed by atoms with van der Waals surface area (Å²) < 4.78 is 16.4. The number of ether oxygens (including phenoxy) is 3. The smallest absolute Gasteiger partial charge is 0.308 e. The van der Waals surface area contributed by atoms with Gasteiger partial charge >= 0.3 is 5.97 Å². The summed E-state index contributed by atoms with van der Waals surface area (Å²) in [5.41, 5.74) is 6.11. The predicted molar refractivity (Wildman–Crippen MR) is 143 cm³/mol. The number of pyridine rings is 2. The Morgan fingerprint density at radius 3 is 2.34 bits per heavy atom. The molecule has 4 rings (SSSR count). The van der Waals surface area contributed by atoms with E-state index in [2.05, 4.69) is 15.3 Å². The molecule has 1 aliphatic carbocycles. The summed E-state index contributed by atoms with van der Waals surface area (Å²) in [6.45, 7) is 2.29. The SMILES string of the molecule is COc1cnc2c(c1)C(CC(=O)NCc1ccccn1)=C(C)C2=Cc1cc(OC)c(CC(=O)O)c(OC)c1. The molecule has 196 valence electrons. The lowest BCUT2D eigenvalue weighted by Crippen LogP contribution is -2.23. The van der Waals surface area contributed by atoms with Gasteiger partial charge in [0, 0.05) is 22.9 Å². The number of carbonyl (C=O) groups is 2. The third-order valence-electron chi connectivity index (χ3n) is 6.33. The van der Waals surface area contributed by atoms with E-state index in [1.807, 2.05) is 37.3 Å². The Balaban J connectivity index is 1.72. The van der Waals surface area contributed by atoms with Crippen molar-refractivity contribution in [2.75, 3.05) is 21.3 Å². The van der Waals surface area contributed by atoms with Gasteiger partial charge in [0.05, 0.1) is 58.3 Å². The van der Waals surface area contributed by atoms with Crippen molar-refractivity contribution in [2.24, 2.45) is 0 Å². The summed E-state index contributed by atoms with van der Waals surface area (Å²) in [5, 5.41) is 12.2. The van der Waals surface area contributed by atoms with E-state index in [4.69, 9.17) is 14.2 Å². The number of fused-ring (bicyclic) bond motifs is 1. The number of hydrogen-bond acceptors (Lipinski definition) is 7. The number of aliphatic carboxylic acids is 1. The van der Waals surface area contributed by atoms with Crippen LogP contribution in [0.2, 0.25) is 0 Å². The summed E-state index contributed by atoms with van der Waals surface area (Å²) in [6, 6.07) is 11.0. The minimum absolute atomic E-state index is 0.138. The van der Waals surface area contributed by atoms with Crippen LogP contribution in [0, 0.1) is 0 Å². The molecule has 2 aromatic heterocycles. The van der Waals surface area contributed by atoms with Gasteiger partial charge in [-0.2, -0.15) is 0 Å². The first kappa shape index (κ1) is 26.4. The summed E-state index contributed by atoms with van der Waals surface area (Å²) in [6.07, 6.45) is 5.18. The van der Waals surface area contributed by atoms with Crippen LogP contribution < -0.4 is 19.5 Å². The zero-order valence-corrected chi connectivity index (χ0v) is 21.7. The number of aromatic nitrogens is 2. The van der Waals surface area contributed by atoms with Crippen molar-refractivity contribution in [3.05, 3.63) is 82.4 Å². The molecule has 1 aliphatic rings. The third kappa shape index (κ3) is 5.67. The van der Waals surface area contributed by atoms with Crippen molar-refractivity contribution in [3.63, 3.8) is 0 Å². The number of rotatable bonds is 10. The molecule has 0 spiro atoms. The van der Waals surface area contributed by atoms with E-state index in [1.165, 1.54) is 14.2 Å². The van der Waals surface area contributed by atoms with Crippen LogP contribution in [0.15, 0.2) is 54.4 Å². The lowest BCUT2D eigenvalue weighted by molar-refractivity contribution is -0.136. The highest BCUT2D eigenvalue weighted by atomic mass is 16.5.